The van der Waals surface area contributed by atoms with E-state index in [2.05, 4.69) is 16.0 Å². The van der Waals surface area contributed by atoms with Crippen molar-refractivity contribution < 1.29 is 18.8 Å². The van der Waals surface area contributed by atoms with E-state index in [0.29, 0.717) is 11.4 Å². The molecule has 0 aromatic heterocycles. The van der Waals surface area contributed by atoms with Crippen molar-refractivity contribution >= 4 is 40.7 Å². The average Bonchev–Trinajstić information content (AvgIpc) is 2.74. The van der Waals surface area contributed by atoms with Crippen LogP contribution in [-0.4, -0.2) is 23.8 Å². The number of halogens is 2. The Morgan fingerprint density at radius 3 is 2.23 bits per heavy atom. The van der Waals surface area contributed by atoms with Crippen LogP contribution >= 0.6 is 11.6 Å². The van der Waals surface area contributed by atoms with Gasteiger partial charge in [0.1, 0.15) is 11.9 Å². The minimum atomic E-state index is -0.853. The fraction of sp³-hybridized carbons (Fsp3) is 0.0870. The molecule has 0 aliphatic rings. The van der Waals surface area contributed by atoms with Gasteiger partial charge in [-0.05, 0) is 55.5 Å². The molecule has 0 bridgehead atoms. The highest BCUT2D eigenvalue weighted by Crippen LogP contribution is 2.16. The van der Waals surface area contributed by atoms with Gasteiger partial charge < -0.3 is 16.0 Å². The van der Waals surface area contributed by atoms with Gasteiger partial charge in [0, 0.05) is 16.9 Å². The third-order valence-electron chi connectivity index (χ3n) is 4.33. The molecule has 0 aliphatic carbocycles. The zero-order chi connectivity index (χ0) is 22.4. The third kappa shape index (κ3) is 5.90. The van der Waals surface area contributed by atoms with Crippen molar-refractivity contribution in [2.24, 2.45) is 0 Å². The third-order valence-corrected chi connectivity index (χ3v) is 4.66. The normalized spacial score (nSPS) is 11.3. The summed E-state index contributed by atoms with van der Waals surface area (Å²) in [7, 11) is 0. The minimum absolute atomic E-state index is 0.264. The fourth-order valence-electron chi connectivity index (χ4n) is 2.74. The first-order valence-electron chi connectivity index (χ1n) is 9.37. The van der Waals surface area contributed by atoms with E-state index in [-0.39, 0.29) is 16.1 Å². The zero-order valence-electron chi connectivity index (χ0n) is 16.5. The van der Waals surface area contributed by atoms with Crippen molar-refractivity contribution in [3.63, 3.8) is 0 Å². The first kappa shape index (κ1) is 22.0. The van der Waals surface area contributed by atoms with E-state index >= 15 is 0 Å². The maximum atomic E-state index is 13.3. The summed E-state index contributed by atoms with van der Waals surface area (Å²) in [6.07, 6.45) is 0. The van der Waals surface area contributed by atoms with Crippen LogP contribution in [0.1, 0.15) is 27.6 Å². The molecule has 0 saturated carbocycles. The van der Waals surface area contributed by atoms with E-state index in [1.54, 1.807) is 48.5 Å². The van der Waals surface area contributed by atoms with Crippen molar-refractivity contribution in [3.8, 4) is 0 Å². The van der Waals surface area contributed by atoms with E-state index in [1.807, 2.05) is 0 Å². The Labute approximate surface area is 183 Å². The SMILES string of the molecule is CC(NC(=O)c1ccccc1Cl)C(=O)Nc1cccc(C(=O)Nc2cccc(F)c2)c1. The van der Waals surface area contributed by atoms with Gasteiger partial charge in [0.25, 0.3) is 11.8 Å². The Kier molecular flexibility index (Phi) is 6.99. The summed E-state index contributed by atoms with van der Waals surface area (Å²) in [5.74, 6) is -1.87. The van der Waals surface area contributed by atoms with Gasteiger partial charge in [0.2, 0.25) is 5.91 Å². The lowest BCUT2D eigenvalue weighted by atomic mass is 10.1. The first-order chi connectivity index (χ1) is 14.8. The Bertz CT molecular complexity index is 1140. The smallest absolute Gasteiger partial charge is 0.255 e. The van der Waals surface area contributed by atoms with E-state index in [1.165, 1.54) is 31.2 Å². The minimum Gasteiger partial charge on any atom is -0.340 e. The predicted molar refractivity (Wildman–Crippen MR) is 118 cm³/mol. The lowest BCUT2D eigenvalue weighted by Crippen LogP contribution is -2.41. The summed E-state index contributed by atoms with van der Waals surface area (Å²) in [6, 6.07) is 17.4. The van der Waals surface area contributed by atoms with Gasteiger partial charge >= 0.3 is 0 Å². The van der Waals surface area contributed by atoms with Gasteiger partial charge in [-0.1, -0.05) is 35.9 Å². The van der Waals surface area contributed by atoms with Gasteiger partial charge in [0.15, 0.2) is 0 Å². The lowest BCUT2D eigenvalue weighted by Gasteiger charge is -2.15. The maximum absolute atomic E-state index is 13.3. The summed E-state index contributed by atoms with van der Waals surface area (Å²) in [4.78, 5) is 37.2. The topological polar surface area (TPSA) is 87.3 Å². The van der Waals surface area contributed by atoms with Crippen LogP contribution in [0, 0.1) is 5.82 Å². The number of hydrogen-bond donors (Lipinski definition) is 3. The number of rotatable bonds is 6. The Morgan fingerprint density at radius 1 is 0.839 bits per heavy atom. The largest absolute Gasteiger partial charge is 0.340 e. The first-order valence-corrected chi connectivity index (χ1v) is 9.74. The molecule has 0 radical (unpaired) electrons. The van der Waals surface area contributed by atoms with Crippen molar-refractivity contribution in [1.82, 2.24) is 5.32 Å². The molecule has 6 nitrogen and oxygen atoms in total. The van der Waals surface area contributed by atoms with Gasteiger partial charge in [-0.2, -0.15) is 0 Å². The molecule has 3 N–H and O–H groups in total. The summed E-state index contributed by atoms with van der Waals surface area (Å²) in [5, 5.41) is 8.11. The van der Waals surface area contributed by atoms with Gasteiger partial charge in [-0.15, -0.1) is 0 Å². The van der Waals surface area contributed by atoms with Crippen LogP contribution in [0.5, 0.6) is 0 Å². The van der Waals surface area contributed by atoms with E-state index in [4.69, 9.17) is 11.6 Å². The molecule has 0 heterocycles. The van der Waals surface area contributed by atoms with Crippen molar-refractivity contribution in [3.05, 3.63) is 94.8 Å². The highest BCUT2D eigenvalue weighted by atomic mass is 35.5. The molecule has 3 aromatic rings. The number of nitrogens with one attached hydrogen (secondary N) is 3. The molecular weight excluding hydrogens is 421 g/mol. The van der Waals surface area contributed by atoms with Gasteiger partial charge in [-0.25, -0.2) is 4.39 Å². The van der Waals surface area contributed by atoms with Crippen LogP contribution in [0.3, 0.4) is 0 Å². The highest BCUT2D eigenvalue weighted by Gasteiger charge is 2.18. The van der Waals surface area contributed by atoms with Crippen LogP contribution in [0.2, 0.25) is 5.02 Å². The molecule has 0 saturated heterocycles. The molecule has 0 aliphatic heterocycles. The second kappa shape index (κ2) is 9.86. The van der Waals surface area contributed by atoms with Crippen LogP contribution < -0.4 is 16.0 Å². The summed E-state index contributed by atoms with van der Waals surface area (Å²) >= 11 is 6.01. The fourth-order valence-corrected chi connectivity index (χ4v) is 2.97. The second-order valence-corrected chi connectivity index (χ2v) is 7.12. The lowest BCUT2D eigenvalue weighted by molar-refractivity contribution is -0.117. The van der Waals surface area contributed by atoms with E-state index in [9.17, 15) is 18.8 Å². The molecule has 31 heavy (non-hydrogen) atoms. The summed E-state index contributed by atoms with van der Waals surface area (Å²) < 4.78 is 13.3. The molecule has 3 aromatic carbocycles. The Balaban J connectivity index is 1.63. The van der Waals surface area contributed by atoms with Crippen molar-refractivity contribution in [2.75, 3.05) is 10.6 Å². The van der Waals surface area contributed by atoms with Crippen molar-refractivity contribution in [2.45, 2.75) is 13.0 Å². The quantitative estimate of drug-likeness (QED) is 0.529. The molecule has 1 atom stereocenters. The average molecular weight is 440 g/mol. The van der Waals surface area contributed by atoms with E-state index in [0.717, 1.165) is 0 Å². The van der Waals surface area contributed by atoms with Crippen LogP contribution in [0.15, 0.2) is 72.8 Å². The van der Waals surface area contributed by atoms with Gasteiger partial charge in [0.05, 0.1) is 10.6 Å². The predicted octanol–water partition coefficient (Wildman–Crippen LogP) is 4.49. The highest BCUT2D eigenvalue weighted by molar-refractivity contribution is 6.33. The summed E-state index contributed by atoms with van der Waals surface area (Å²) in [5.41, 5.74) is 1.22. The zero-order valence-corrected chi connectivity index (χ0v) is 17.2. The Hall–Kier alpha value is -3.71. The number of benzene rings is 3. The van der Waals surface area contributed by atoms with Crippen LogP contribution in [0.25, 0.3) is 0 Å². The number of hydrogen-bond acceptors (Lipinski definition) is 3. The second-order valence-electron chi connectivity index (χ2n) is 6.71. The van der Waals surface area contributed by atoms with Crippen LogP contribution in [-0.2, 0) is 4.79 Å². The molecule has 0 fully saturated rings. The molecule has 3 rings (SSSR count). The Morgan fingerprint density at radius 2 is 1.52 bits per heavy atom. The number of amides is 3. The standard InChI is InChI=1S/C23H19ClFN3O3/c1-14(26-23(31)19-10-2-3-11-20(19)24)21(29)27-17-8-4-6-15(12-17)22(30)28-18-9-5-7-16(25)13-18/h2-14H,1H3,(H,26,31)(H,27,29)(H,28,30). The summed E-state index contributed by atoms with van der Waals surface area (Å²) in [6.45, 7) is 1.53. The molecule has 8 heteroatoms. The monoisotopic (exact) mass is 439 g/mol. The van der Waals surface area contributed by atoms with Crippen LogP contribution in [0.4, 0.5) is 15.8 Å². The van der Waals surface area contributed by atoms with E-state index < -0.39 is 29.6 Å². The number of anilines is 2. The van der Waals surface area contributed by atoms with Gasteiger partial charge in [-0.3, -0.25) is 14.4 Å². The molecule has 158 valence electrons. The molecule has 3 amide bonds. The molecular formula is C23H19ClFN3O3. The molecule has 0 spiro atoms. The number of carbonyl (C=O) groups is 3. The number of carbonyl (C=O) groups excluding carboxylic acids is 3. The van der Waals surface area contributed by atoms with Crippen molar-refractivity contribution in [1.29, 1.82) is 0 Å². The maximum Gasteiger partial charge on any atom is 0.255 e. The molecule has 1 unspecified atom stereocenters.